The first-order valence-electron chi connectivity index (χ1n) is 43.3. The molecular formula is C89H117N27O6S7. The van der Waals surface area contributed by atoms with Gasteiger partial charge in [-0.25, -0.2) is 69.8 Å². The molecule has 4 aliphatic rings. The monoisotopic (exact) mass is 1880 g/mol. The van der Waals surface area contributed by atoms with E-state index in [0.717, 1.165) is 167 Å². The molecule has 4 fully saturated rings. The van der Waals surface area contributed by atoms with E-state index in [-0.39, 0.29) is 27.9 Å². The first-order valence-corrected chi connectivity index (χ1v) is 49.2. The van der Waals surface area contributed by atoms with Crippen molar-refractivity contribution in [1.29, 1.82) is 0 Å². The van der Waals surface area contributed by atoms with E-state index in [2.05, 4.69) is 128 Å². The van der Waals surface area contributed by atoms with Gasteiger partial charge in [0.25, 0.3) is 0 Å². The Labute approximate surface area is 783 Å². The van der Waals surface area contributed by atoms with Gasteiger partial charge in [-0.3, -0.25) is 19.6 Å². The number of aromatic nitrogens is 15. The number of aryl methyl sites for hydroxylation is 5. The topological polar surface area (TPSA) is 447 Å². The molecule has 14 N–H and O–H groups in total. The zero-order valence-corrected chi connectivity index (χ0v) is 80.7. The van der Waals surface area contributed by atoms with Gasteiger partial charge in [0.15, 0.2) is 27.0 Å². The van der Waals surface area contributed by atoms with E-state index in [1.807, 2.05) is 75.4 Å². The Morgan fingerprint density at radius 3 is 1.04 bits per heavy atom. The van der Waals surface area contributed by atoms with Crippen molar-refractivity contribution in [1.82, 2.24) is 99.3 Å². The van der Waals surface area contributed by atoms with Gasteiger partial charge < -0.3 is 73.5 Å². The van der Waals surface area contributed by atoms with Crippen LogP contribution in [0, 0.1) is 34.6 Å². The van der Waals surface area contributed by atoms with Crippen molar-refractivity contribution in [3.63, 3.8) is 0 Å². The quantitative estimate of drug-likeness (QED) is 0.0148. The van der Waals surface area contributed by atoms with Crippen LogP contribution in [0.4, 0.5) is 40.7 Å². The van der Waals surface area contributed by atoms with Crippen molar-refractivity contribution in [3.05, 3.63) is 145 Å². The Hall–Kier alpha value is -10.2. The Morgan fingerprint density at radius 2 is 0.682 bits per heavy atom. The van der Waals surface area contributed by atoms with Crippen LogP contribution in [0.1, 0.15) is 142 Å². The van der Waals surface area contributed by atoms with Crippen LogP contribution in [0.15, 0.2) is 113 Å². The zero-order chi connectivity index (χ0) is 91.0. The third kappa shape index (κ3) is 28.6. The molecule has 4 saturated heterocycles. The Bertz CT molecular complexity index is 5380. The maximum absolute atomic E-state index is 6.04. The molecule has 0 bridgehead atoms. The van der Waals surface area contributed by atoms with Crippen molar-refractivity contribution in [2.45, 2.75) is 145 Å². The van der Waals surface area contributed by atoms with Crippen LogP contribution in [0.25, 0.3) is 42.3 Å². The summed E-state index contributed by atoms with van der Waals surface area (Å²) in [5, 5.41) is 5.55. The van der Waals surface area contributed by atoms with Gasteiger partial charge in [0.05, 0.1) is 45.6 Å². The minimum atomic E-state index is -0.313. The van der Waals surface area contributed by atoms with Gasteiger partial charge in [0, 0.05) is 161 Å². The van der Waals surface area contributed by atoms with Crippen LogP contribution in [-0.2, 0) is 0 Å². The number of thioether (sulfide) groups is 3. The zero-order valence-electron chi connectivity index (χ0n) is 75.0. The SMILES string of the molecule is COc1ccc(-c2nc(C(C)Oc3nc(C)cc(N)n3)c(C)s2)cc1OCCN1CCC1.Cc1sc(-c2ccnc(OCCN3CCCCC3)c2)nc1C(C)Sc1nc(N)cc(N)n1.Cc1sc(-c2ccnc(OCCN3CCCCC3)c2)nc1C(C)Sc1nc(N)cc(N)n1.Cc1sc(-c2ccnc(OCCN3CCN(C)CC3)c2)nc1C(C)Sc1nc(N)cc(N)n1. The lowest BCUT2D eigenvalue weighted by Crippen LogP contribution is -2.45. The van der Waals surface area contributed by atoms with Gasteiger partial charge >= 0.3 is 6.01 Å². The summed E-state index contributed by atoms with van der Waals surface area (Å²) in [5.41, 5.74) is 49.2. The average molecular weight is 1890 g/mol. The van der Waals surface area contributed by atoms with Crippen LogP contribution in [0.2, 0.25) is 0 Å². The van der Waals surface area contributed by atoms with Crippen molar-refractivity contribution in [3.8, 4) is 77.4 Å². The van der Waals surface area contributed by atoms with Crippen molar-refractivity contribution in [2.75, 3.05) is 172 Å². The molecule has 40 heteroatoms. The molecule has 0 spiro atoms. The number of nitrogen functional groups attached to an aromatic ring is 7. The third-order valence-corrected chi connectivity index (χ3v) is 28.6. The number of hydrogen-bond acceptors (Lipinski definition) is 40. The fourth-order valence-corrected chi connectivity index (χ4v) is 21.8. The molecule has 12 aromatic rings. The van der Waals surface area contributed by atoms with Crippen LogP contribution < -0.4 is 68.6 Å². The molecule has 16 rings (SSSR count). The van der Waals surface area contributed by atoms with Crippen molar-refractivity contribution < 1.29 is 28.4 Å². The number of hydrogen-bond donors (Lipinski definition) is 7. The minimum absolute atomic E-state index is 0.0531. The van der Waals surface area contributed by atoms with E-state index >= 15 is 0 Å². The molecule has 4 unspecified atom stereocenters. The lowest BCUT2D eigenvalue weighted by atomic mass is 10.1. The lowest BCUT2D eigenvalue weighted by molar-refractivity contribution is 0.132. The van der Waals surface area contributed by atoms with Crippen LogP contribution in [-0.4, -0.2) is 231 Å². The molecular weight excluding hydrogens is 1770 g/mol. The maximum Gasteiger partial charge on any atom is 0.319 e. The number of benzene rings is 1. The van der Waals surface area contributed by atoms with Gasteiger partial charge in [-0.1, -0.05) is 48.1 Å². The predicted octanol–water partition coefficient (Wildman–Crippen LogP) is 15.4. The summed E-state index contributed by atoms with van der Waals surface area (Å²) in [6.45, 7) is 35.9. The molecule has 0 saturated carbocycles. The smallest absolute Gasteiger partial charge is 0.319 e. The molecule has 33 nitrogen and oxygen atoms in total. The number of methoxy groups -OCH3 is 1. The van der Waals surface area contributed by atoms with E-state index in [1.54, 1.807) is 95.3 Å². The van der Waals surface area contributed by atoms with Gasteiger partial charge in [0.2, 0.25) is 17.6 Å². The standard InChI is InChI=1S/C23H29N5O3S.C22H30N8OS2.2C22H29N7OS2/c1-14-12-20(24)26-23(25-14)31-15(2)21-16(3)32-22(27-21)17-6-7-18(29-4)19(13-17)30-11-10-28-8-5-9-28;1-14-20(15(2)33-22-26-17(23)13-18(24)27-22)28-21(32-14)16-4-5-25-19(12-16)31-11-10-30-8-6-29(3)7-9-30;2*1-14-20(15(2)32-22-26-17(23)13-18(24)27-22)28-21(31-14)16-6-7-25-19(12-16)30-11-10-29-8-4-3-5-9-29/h6-7,12-13,15H,5,8-11H2,1-4H3,(H2,24,25,26);4-5,12-13,15H,6-11H2,1-3H3,(H4,23,24,26,27);2*6-7,12-13,15H,3-5,8-11H2,1-2H3,(H4,23,24,26,27). The number of anilines is 7. The lowest BCUT2D eigenvalue weighted by Gasteiger charge is -2.32. The van der Waals surface area contributed by atoms with Gasteiger partial charge in [-0.2, -0.15) is 4.98 Å². The fraction of sp³-hybridized carbons (Fsp3) is 0.449. The van der Waals surface area contributed by atoms with E-state index in [1.165, 1.54) is 106 Å². The van der Waals surface area contributed by atoms with Crippen LogP contribution in [0.5, 0.6) is 35.1 Å². The largest absolute Gasteiger partial charge is 0.493 e. The summed E-state index contributed by atoms with van der Waals surface area (Å²) >= 11 is 11.1. The average Bonchev–Trinajstić information content (AvgIpc) is 1.70. The van der Waals surface area contributed by atoms with E-state index < -0.39 is 0 Å². The normalized spacial score (nSPS) is 15.5. The highest BCUT2D eigenvalue weighted by Gasteiger charge is 2.26. The number of nitrogens with zero attached hydrogens (tertiary/aromatic N) is 20. The minimum Gasteiger partial charge on any atom is -0.493 e. The summed E-state index contributed by atoms with van der Waals surface area (Å²) in [4.78, 5) is 83.4. The number of likely N-dealkylation sites (tertiary alicyclic amines) is 3. The molecule has 0 aliphatic carbocycles. The Balaban J connectivity index is 0.000000147. The highest BCUT2D eigenvalue weighted by atomic mass is 32.2. The van der Waals surface area contributed by atoms with Gasteiger partial charge in [0.1, 0.15) is 93.3 Å². The summed E-state index contributed by atoms with van der Waals surface area (Å²) in [7, 11) is 3.82. The molecule has 4 atom stereocenters. The summed E-state index contributed by atoms with van der Waals surface area (Å²) in [6.07, 6.45) is 14.1. The molecule has 15 heterocycles. The Morgan fingerprint density at radius 1 is 0.349 bits per heavy atom. The third-order valence-electron chi connectivity index (χ3n) is 21.5. The first kappa shape index (κ1) is 96.3. The molecule has 0 radical (unpaired) electrons. The number of nitrogens with two attached hydrogens (primary N) is 7. The number of rotatable bonds is 33. The van der Waals surface area contributed by atoms with Gasteiger partial charge in [-0.15, -0.1) is 45.3 Å². The van der Waals surface area contributed by atoms with Crippen LogP contribution in [0.3, 0.4) is 0 Å². The number of thiazole rings is 4. The highest BCUT2D eigenvalue weighted by molar-refractivity contribution is 7.99. The maximum atomic E-state index is 6.04. The second-order valence-corrected chi connectivity index (χ2v) is 40.4. The predicted molar refractivity (Wildman–Crippen MR) is 522 cm³/mol. The second-order valence-electron chi connectivity index (χ2n) is 31.7. The number of ether oxygens (including phenoxy) is 6. The van der Waals surface area contributed by atoms with Crippen molar-refractivity contribution in [2.24, 2.45) is 0 Å². The molecule has 11 aromatic heterocycles. The van der Waals surface area contributed by atoms with Crippen LogP contribution >= 0.6 is 80.6 Å². The number of pyridine rings is 3. The summed E-state index contributed by atoms with van der Waals surface area (Å²) in [6, 6.07) is 24.3. The molecule has 686 valence electrons. The number of piperidine rings is 2. The number of piperazine rings is 1. The van der Waals surface area contributed by atoms with Gasteiger partial charge in [-0.05, 0) is 177 Å². The molecule has 0 amide bonds. The fourth-order valence-electron chi connectivity index (χ4n) is 14.6. The Kier molecular flexibility index (Phi) is 35.1. The highest BCUT2D eigenvalue weighted by Crippen LogP contribution is 2.44. The van der Waals surface area contributed by atoms with E-state index in [0.29, 0.717) is 100 Å². The summed E-state index contributed by atoms with van der Waals surface area (Å²) < 4.78 is 35.3. The molecule has 4 aliphatic heterocycles. The van der Waals surface area contributed by atoms with E-state index in [4.69, 9.17) is 88.5 Å². The van der Waals surface area contributed by atoms with E-state index in [9.17, 15) is 0 Å². The second kappa shape index (κ2) is 47.0. The molecule has 1 aromatic carbocycles. The first-order chi connectivity index (χ1) is 62.2. The van der Waals surface area contributed by atoms with Crippen molar-refractivity contribution >= 4 is 121 Å². The number of likely N-dealkylation sites (N-methyl/N-ethyl adjacent to an activating group) is 1. The summed E-state index contributed by atoms with van der Waals surface area (Å²) in [5.74, 6) is 5.94. The molecule has 129 heavy (non-hydrogen) atoms.